The average Bonchev–Trinajstić information content (AvgIpc) is 2.82. The van der Waals surface area contributed by atoms with Gasteiger partial charge < -0.3 is 24.4 Å². The van der Waals surface area contributed by atoms with Gasteiger partial charge in [-0.2, -0.15) is 0 Å². The molecule has 168 valence electrons. The molecule has 0 aromatic heterocycles. The monoisotopic (exact) mass is 425 g/mol. The predicted molar refractivity (Wildman–Crippen MR) is 124 cm³/mol. The minimum Gasteiger partial charge on any atom is -0.496 e. The number of guanidine groups is 1. The number of para-hydroxylation sites is 1. The van der Waals surface area contributed by atoms with Crippen molar-refractivity contribution in [1.29, 1.82) is 0 Å². The van der Waals surface area contributed by atoms with Crippen LogP contribution in [0, 0.1) is 0 Å². The molecule has 3 rings (SSSR count). The lowest BCUT2D eigenvalue weighted by Crippen LogP contribution is -2.38. The molecule has 0 aliphatic carbocycles. The third kappa shape index (κ3) is 7.26. The Morgan fingerprint density at radius 2 is 1.81 bits per heavy atom. The highest BCUT2D eigenvalue weighted by Crippen LogP contribution is 2.19. The summed E-state index contributed by atoms with van der Waals surface area (Å²) in [6, 6.07) is 16.6. The smallest absolute Gasteiger partial charge is 0.194 e. The first-order valence-corrected chi connectivity index (χ1v) is 11.1. The topological polar surface area (TPSA) is 55.3 Å². The van der Waals surface area contributed by atoms with E-state index in [2.05, 4.69) is 47.5 Å². The number of hydrogen-bond donors (Lipinski definition) is 1. The Kier molecular flexibility index (Phi) is 9.18. The number of ether oxygens (including phenoxy) is 3. The van der Waals surface area contributed by atoms with Crippen molar-refractivity contribution in [1.82, 2.24) is 10.2 Å². The number of methoxy groups -OCH3 is 1. The first-order valence-electron chi connectivity index (χ1n) is 11.1. The van der Waals surface area contributed by atoms with Crippen LogP contribution in [-0.4, -0.2) is 50.9 Å². The van der Waals surface area contributed by atoms with Crippen LogP contribution < -0.4 is 10.1 Å². The molecule has 1 N–H and O–H groups in total. The number of benzene rings is 2. The van der Waals surface area contributed by atoms with Crippen LogP contribution in [0.3, 0.4) is 0 Å². The van der Waals surface area contributed by atoms with Crippen molar-refractivity contribution in [3.8, 4) is 5.75 Å². The summed E-state index contributed by atoms with van der Waals surface area (Å²) < 4.78 is 16.9. The van der Waals surface area contributed by atoms with Crippen LogP contribution in [0.4, 0.5) is 0 Å². The normalized spacial score (nSPS) is 15.0. The van der Waals surface area contributed by atoms with E-state index in [1.54, 1.807) is 7.11 Å². The number of rotatable bonds is 9. The molecule has 0 unspecified atom stereocenters. The first kappa shape index (κ1) is 23.1. The maximum Gasteiger partial charge on any atom is 0.194 e. The summed E-state index contributed by atoms with van der Waals surface area (Å²) in [6.45, 7) is 6.51. The fourth-order valence-electron chi connectivity index (χ4n) is 3.60. The Hall–Kier alpha value is -2.57. The van der Waals surface area contributed by atoms with Gasteiger partial charge >= 0.3 is 0 Å². The Morgan fingerprint density at radius 1 is 1.10 bits per heavy atom. The van der Waals surface area contributed by atoms with Gasteiger partial charge in [0.2, 0.25) is 0 Å². The predicted octanol–water partition coefficient (Wildman–Crippen LogP) is 3.99. The quantitative estimate of drug-likeness (QED) is 0.486. The first-order chi connectivity index (χ1) is 15.2. The van der Waals surface area contributed by atoms with Crippen molar-refractivity contribution in [2.24, 2.45) is 4.99 Å². The number of nitrogens with zero attached hydrogens (tertiary/aromatic N) is 2. The summed E-state index contributed by atoms with van der Waals surface area (Å²) in [5.41, 5.74) is 3.50. The van der Waals surface area contributed by atoms with Crippen molar-refractivity contribution in [3.05, 3.63) is 65.2 Å². The molecule has 0 amide bonds. The van der Waals surface area contributed by atoms with Crippen molar-refractivity contribution in [2.45, 2.75) is 45.6 Å². The SMILES string of the molecule is CCNC(=NCc1ccc(COC2CCOCC2)cc1)N(C)Cc1ccccc1OC. The van der Waals surface area contributed by atoms with Gasteiger partial charge in [-0.3, -0.25) is 0 Å². The Balaban J connectivity index is 1.56. The molecular formula is C25H35N3O3. The van der Waals surface area contributed by atoms with Gasteiger partial charge in [-0.25, -0.2) is 4.99 Å². The van der Waals surface area contributed by atoms with Crippen LogP contribution in [0.1, 0.15) is 36.5 Å². The molecule has 31 heavy (non-hydrogen) atoms. The molecule has 2 aromatic carbocycles. The molecule has 0 saturated carbocycles. The molecule has 2 aromatic rings. The van der Waals surface area contributed by atoms with Crippen molar-refractivity contribution >= 4 is 5.96 Å². The zero-order chi connectivity index (χ0) is 21.9. The van der Waals surface area contributed by atoms with Crippen molar-refractivity contribution < 1.29 is 14.2 Å². The maximum absolute atomic E-state index is 6.01. The van der Waals surface area contributed by atoms with Gasteiger partial charge in [-0.05, 0) is 37.0 Å². The van der Waals surface area contributed by atoms with E-state index in [9.17, 15) is 0 Å². The van der Waals surface area contributed by atoms with E-state index in [1.165, 1.54) is 11.1 Å². The number of hydrogen-bond acceptors (Lipinski definition) is 4. The maximum atomic E-state index is 6.01. The summed E-state index contributed by atoms with van der Waals surface area (Å²) in [6.07, 6.45) is 2.30. The molecule has 1 aliphatic heterocycles. The largest absolute Gasteiger partial charge is 0.496 e. The Morgan fingerprint density at radius 3 is 2.52 bits per heavy atom. The highest BCUT2D eigenvalue weighted by molar-refractivity contribution is 5.79. The third-order valence-electron chi connectivity index (χ3n) is 5.38. The van der Waals surface area contributed by atoms with Crippen LogP contribution in [0.2, 0.25) is 0 Å². The van der Waals surface area contributed by atoms with Crippen molar-refractivity contribution in [2.75, 3.05) is 33.9 Å². The summed E-state index contributed by atoms with van der Waals surface area (Å²) in [7, 11) is 3.75. The molecule has 1 saturated heterocycles. The standard InChI is InChI=1S/C25H35N3O3/c1-4-26-25(28(2)18-22-7-5-6-8-24(22)29-3)27-17-20-9-11-21(12-10-20)19-31-23-13-15-30-16-14-23/h5-12,23H,4,13-19H2,1-3H3,(H,26,27). The fourth-order valence-corrected chi connectivity index (χ4v) is 3.60. The van der Waals surface area contributed by atoms with Crippen LogP contribution in [0.5, 0.6) is 5.75 Å². The van der Waals surface area contributed by atoms with Gasteiger partial charge in [0.05, 0.1) is 26.4 Å². The summed E-state index contributed by atoms with van der Waals surface area (Å²) >= 11 is 0. The molecule has 1 heterocycles. The molecule has 6 heteroatoms. The van der Waals surface area contributed by atoms with E-state index >= 15 is 0 Å². The summed E-state index contributed by atoms with van der Waals surface area (Å²) in [4.78, 5) is 6.95. The highest BCUT2D eigenvalue weighted by atomic mass is 16.5. The van der Waals surface area contributed by atoms with Gasteiger partial charge in [0.15, 0.2) is 5.96 Å². The van der Waals surface area contributed by atoms with E-state index in [4.69, 9.17) is 19.2 Å². The highest BCUT2D eigenvalue weighted by Gasteiger charge is 2.14. The molecular weight excluding hydrogens is 390 g/mol. The van der Waals surface area contributed by atoms with E-state index in [-0.39, 0.29) is 0 Å². The minimum absolute atomic E-state index is 0.319. The van der Waals surface area contributed by atoms with Crippen LogP contribution >= 0.6 is 0 Å². The zero-order valence-corrected chi connectivity index (χ0v) is 19.0. The van der Waals surface area contributed by atoms with Crippen LogP contribution in [0.15, 0.2) is 53.5 Å². The Bertz CT molecular complexity index is 817. The average molecular weight is 426 g/mol. The zero-order valence-electron chi connectivity index (χ0n) is 19.0. The van der Waals surface area contributed by atoms with E-state index in [0.29, 0.717) is 19.3 Å². The van der Waals surface area contributed by atoms with Gasteiger partial charge in [0.25, 0.3) is 0 Å². The van der Waals surface area contributed by atoms with E-state index in [1.807, 2.05) is 25.2 Å². The van der Waals surface area contributed by atoms with Gasteiger partial charge in [-0.15, -0.1) is 0 Å². The molecule has 0 spiro atoms. The van der Waals surface area contributed by atoms with Crippen LogP contribution in [-0.2, 0) is 29.2 Å². The lowest BCUT2D eigenvalue weighted by atomic mass is 10.1. The second-order valence-corrected chi connectivity index (χ2v) is 7.78. The molecule has 0 bridgehead atoms. The van der Waals surface area contributed by atoms with Gasteiger partial charge in [-0.1, -0.05) is 42.5 Å². The van der Waals surface area contributed by atoms with E-state index < -0.39 is 0 Å². The molecule has 6 nitrogen and oxygen atoms in total. The van der Waals surface area contributed by atoms with Crippen LogP contribution in [0.25, 0.3) is 0 Å². The van der Waals surface area contributed by atoms with Gasteiger partial charge in [0.1, 0.15) is 5.75 Å². The van der Waals surface area contributed by atoms with Crippen molar-refractivity contribution in [3.63, 3.8) is 0 Å². The van der Waals surface area contributed by atoms with E-state index in [0.717, 1.165) is 56.4 Å². The number of nitrogens with one attached hydrogen (secondary N) is 1. The minimum atomic E-state index is 0.319. The fraction of sp³-hybridized carbons (Fsp3) is 0.480. The molecule has 0 atom stereocenters. The Labute approximate surface area is 186 Å². The van der Waals surface area contributed by atoms with Gasteiger partial charge in [0, 0.05) is 38.9 Å². The third-order valence-corrected chi connectivity index (χ3v) is 5.38. The molecule has 1 fully saturated rings. The summed E-state index contributed by atoms with van der Waals surface area (Å²) in [5.74, 6) is 1.77. The lowest BCUT2D eigenvalue weighted by Gasteiger charge is -2.23. The molecule has 0 radical (unpaired) electrons. The second-order valence-electron chi connectivity index (χ2n) is 7.78. The molecule has 1 aliphatic rings. The summed E-state index contributed by atoms with van der Waals surface area (Å²) in [5, 5.41) is 3.38. The number of aliphatic imine (C=N–C) groups is 1. The second kappa shape index (κ2) is 12.3. The lowest BCUT2D eigenvalue weighted by molar-refractivity contribution is -0.0390.